The monoisotopic (exact) mass is 235 g/mol. The van der Waals surface area contributed by atoms with Crippen LogP contribution in [0, 0.1) is 0 Å². The van der Waals surface area contributed by atoms with Crippen LogP contribution >= 0.6 is 0 Å². The van der Waals surface area contributed by atoms with Crippen LogP contribution in [0.1, 0.15) is 31.1 Å². The molecule has 94 valence electrons. The van der Waals surface area contributed by atoms with Crippen molar-refractivity contribution in [1.82, 2.24) is 20.0 Å². The fourth-order valence-corrected chi connectivity index (χ4v) is 2.62. The Morgan fingerprint density at radius 2 is 2.18 bits per heavy atom. The van der Waals surface area contributed by atoms with Gasteiger partial charge < -0.3 is 11.1 Å². The van der Waals surface area contributed by atoms with Gasteiger partial charge in [-0.05, 0) is 20.3 Å². The fraction of sp³-hybridized carbons (Fsp3) is 0.750. The average Bonchev–Trinajstić information content (AvgIpc) is 2.54. The summed E-state index contributed by atoms with van der Waals surface area (Å²) in [7, 11) is 0. The van der Waals surface area contributed by atoms with Crippen LogP contribution in [-0.4, -0.2) is 40.4 Å². The van der Waals surface area contributed by atoms with Gasteiger partial charge in [-0.15, -0.1) is 0 Å². The summed E-state index contributed by atoms with van der Waals surface area (Å²) in [5.41, 5.74) is 8.69. The number of rotatable bonds is 2. The van der Waals surface area contributed by atoms with Crippen LogP contribution in [0.3, 0.4) is 0 Å². The molecule has 0 spiro atoms. The molecule has 0 aliphatic carbocycles. The van der Waals surface area contributed by atoms with Gasteiger partial charge >= 0.3 is 0 Å². The first kappa shape index (κ1) is 11.0. The van der Waals surface area contributed by atoms with Gasteiger partial charge in [-0.3, -0.25) is 4.90 Å². The van der Waals surface area contributed by atoms with Crippen molar-refractivity contribution >= 4 is 5.82 Å². The van der Waals surface area contributed by atoms with Crippen molar-refractivity contribution in [2.24, 2.45) is 0 Å². The van der Waals surface area contributed by atoms with Crippen LogP contribution in [0.4, 0.5) is 5.82 Å². The molecule has 3 rings (SSSR count). The van der Waals surface area contributed by atoms with Crippen molar-refractivity contribution in [2.45, 2.75) is 38.9 Å². The Labute approximate surface area is 102 Å². The number of nitrogen functional groups attached to an aromatic ring is 1. The van der Waals surface area contributed by atoms with E-state index in [2.05, 4.69) is 24.1 Å². The molecule has 3 heterocycles. The molecule has 1 aromatic heterocycles. The summed E-state index contributed by atoms with van der Waals surface area (Å²) in [6, 6.07) is 1.05. The highest BCUT2D eigenvalue weighted by atomic mass is 15.4. The number of fused-ring (bicyclic) bond motifs is 1. The molecule has 0 unspecified atom stereocenters. The van der Waals surface area contributed by atoms with E-state index in [0.29, 0.717) is 12.1 Å². The molecule has 0 amide bonds. The van der Waals surface area contributed by atoms with Gasteiger partial charge in [-0.25, -0.2) is 4.68 Å². The first-order valence-electron chi connectivity index (χ1n) is 6.47. The van der Waals surface area contributed by atoms with Crippen LogP contribution in [0.15, 0.2) is 0 Å². The van der Waals surface area contributed by atoms with E-state index in [1.54, 1.807) is 0 Å². The molecular weight excluding hydrogens is 214 g/mol. The van der Waals surface area contributed by atoms with E-state index in [4.69, 9.17) is 10.8 Å². The highest BCUT2D eigenvalue weighted by Crippen LogP contribution is 2.28. The predicted octanol–water partition coefficient (Wildman–Crippen LogP) is 0.376. The van der Waals surface area contributed by atoms with E-state index >= 15 is 0 Å². The second kappa shape index (κ2) is 3.99. The van der Waals surface area contributed by atoms with Crippen LogP contribution in [0.2, 0.25) is 0 Å². The molecule has 1 aromatic rings. The summed E-state index contributed by atoms with van der Waals surface area (Å²) in [6.07, 6.45) is 1.04. The Hall–Kier alpha value is -1.07. The molecule has 0 saturated carbocycles. The Bertz CT molecular complexity index is 419. The summed E-state index contributed by atoms with van der Waals surface area (Å²) in [4.78, 5) is 2.46. The van der Waals surface area contributed by atoms with Crippen LogP contribution in [0.5, 0.6) is 0 Å². The zero-order valence-corrected chi connectivity index (χ0v) is 10.6. The third-order valence-corrected chi connectivity index (χ3v) is 3.97. The van der Waals surface area contributed by atoms with Crippen molar-refractivity contribution in [3.8, 4) is 0 Å². The number of nitrogens with one attached hydrogen (secondary N) is 1. The molecule has 3 N–H and O–H groups in total. The molecule has 5 nitrogen and oxygen atoms in total. The summed E-state index contributed by atoms with van der Waals surface area (Å²) < 4.78 is 2.03. The lowest BCUT2D eigenvalue weighted by Crippen LogP contribution is -2.44. The lowest BCUT2D eigenvalue weighted by Gasteiger charge is -2.29. The third-order valence-electron chi connectivity index (χ3n) is 3.97. The molecule has 0 bridgehead atoms. The molecule has 5 heteroatoms. The first-order chi connectivity index (χ1) is 8.16. The highest BCUT2D eigenvalue weighted by molar-refractivity contribution is 5.45. The molecule has 0 radical (unpaired) electrons. The zero-order chi connectivity index (χ0) is 12.0. The fourth-order valence-electron chi connectivity index (χ4n) is 2.62. The largest absolute Gasteiger partial charge is 0.384 e. The SMILES string of the molecule is CC(C)N1CCc2c(nn(C3CNC3)c2N)C1. The van der Waals surface area contributed by atoms with Crippen molar-refractivity contribution < 1.29 is 0 Å². The number of nitrogens with zero attached hydrogens (tertiary/aromatic N) is 3. The molecule has 0 atom stereocenters. The molecule has 1 fully saturated rings. The smallest absolute Gasteiger partial charge is 0.125 e. The molecular formula is C12H21N5. The van der Waals surface area contributed by atoms with E-state index in [-0.39, 0.29) is 0 Å². The second-order valence-electron chi connectivity index (χ2n) is 5.38. The summed E-state index contributed by atoms with van der Waals surface area (Å²) in [5, 5.41) is 7.98. The van der Waals surface area contributed by atoms with E-state index < -0.39 is 0 Å². The summed E-state index contributed by atoms with van der Waals surface area (Å²) >= 11 is 0. The Kier molecular flexibility index (Phi) is 2.60. The van der Waals surface area contributed by atoms with Gasteiger partial charge in [-0.2, -0.15) is 5.10 Å². The topological polar surface area (TPSA) is 59.1 Å². The number of nitrogens with two attached hydrogens (primary N) is 1. The van der Waals surface area contributed by atoms with Crippen LogP contribution < -0.4 is 11.1 Å². The standard InChI is InChI=1S/C12H21N5/c1-8(2)16-4-3-10-11(7-16)15-17(12(10)13)9-5-14-6-9/h8-9,14H,3-7,13H2,1-2H3. The van der Waals surface area contributed by atoms with Crippen molar-refractivity contribution in [2.75, 3.05) is 25.4 Å². The quantitative estimate of drug-likeness (QED) is 0.778. The minimum atomic E-state index is 0.466. The Balaban J connectivity index is 1.88. The lowest BCUT2D eigenvalue weighted by molar-refractivity contribution is 0.200. The number of anilines is 1. The minimum Gasteiger partial charge on any atom is -0.384 e. The van der Waals surface area contributed by atoms with Gasteiger partial charge in [0.05, 0.1) is 11.7 Å². The van der Waals surface area contributed by atoms with Crippen molar-refractivity contribution in [3.63, 3.8) is 0 Å². The van der Waals surface area contributed by atoms with Gasteiger partial charge in [-0.1, -0.05) is 0 Å². The van der Waals surface area contributed by atoms with E-state index in [1.165, 1.54) is 11.3 Å². The van der Waals surface area contributed by atoms with E-state index in [0.717, 1.165) is 38.4 Å². The third kappa shape index (κ3) is 1.73. The van der Waals surface area contributed by atoms with Crippen LogP contribution in [-0.2, 0) is 13.0 Å². The predicted molar refractivity (Wildman–Crippen MR) is 67.8 cm³/mol. The van der Waals surface area contributed by atoms with E-state index in [9.17, 15) is 0 Å². The highest BCUT2D eigenvalue weighted by Gasteiger charge is 2.28. The molecule has 17 heavy (non-hydrogen) atoms. The van der Waals surface area contributed by atoms with Crippen LogP contribution in [0.25, 0.3) is 0 Å². The maximum absolute atomic E-state index is 6.21. The number of hydrogen-bond donors (Lipinski definition) is 2. The van der Waals surface area contributed by atoms with Crippen molar-refractivity contribution in [1.29, 1.82) is 0 Å². The summed E-state index contributed by atoms with van der Waals surface area (Å²) in [6.45, 7) is 8.52. The maximum Gasteiger partial charge on any atom is 0.125 e. The second-order valence-corrected chi connectivity index (χ2v) is 5.38. The maximum atomic E-state index is 6.21. The van der Waals surface area contributed by atoms with Gasteiger partial charge in [0, 0.05) is 37.8 Å². The molecule has 2 aliphatic heterocycles. The van der Waals surface area contributed by atoms with Gasteiger partial charge in [0.25, 0.3) is 0 Å². The van der Waals surface area contributed by atoms with Crippen molar-refractivity contribution in [3.05, 3.63) is 11.3 Å². The summed E-state index contributed by atoms with van der Waals surface area (Å²) in [5.74, 6) is 0.898. The normalized spacial score (nSPS) is 21.6. The molecule has 2 aliphatic rings. The zero-order valence-electron chi connectivity index (χ0n) is 10.6. The average molecular weight is 235 g/mol. The van der Waals surface area contributed by atoms with Gasteiger partial charge in [0.15, 0.2) is 0 Å². The lowest BCUT2D eigenvalue weighted by atomic mass is 10.1. The first-order valence-corrected chi connectivity index (χ1v) is 6.47. The Morgan fingerprint density at radius 3 is 2.76 bits per heavy atom. The van der Waals surface area contributed by atoms with Gasteiger partial charge in [0.2, 0.25) is 0 Å². The number of aromatic nitrogens is 2. The van der Waals surface area contributed by atoms with E-state index in [1.807, 2.05) is 4.68 Å². The molecule has 1 saturated heterocycles. The van der Waals surface area contributed by atoms with Gasteiger partial charge in [0.1, 0.15) is 5.82 Å². The molecule has 0 aromatic carbocycles. The number of hydrogen-bond acceptors (Lipinski definition) is 4. The Morgan fingerprint density at radius 1 is 1.41 bits per heavy atom. The minimum absolute atomic E-state index is 0.466.